The van der Waals surface area contributed by atoms with Crippen molar-refractivity contribution in [3.05, 3.63) is 0 Å². The second-order valence-electron chi connectivity index (χ2n) is 5.76. The first-order chi connectivity index (χ1) is 7.88. The monoisotopic (exact) mass is 261 g/mol. The van der Waals surface area contributed by atoms with Crippen molar-refractivity contribution >= 4 is 9.84 Å². The van der Waals surface area contributed by atoms with E-state index in [4.69, 9.17) is 0 Å². The van der Waals surface area contributed by atoms with Crippen molar-refractivity contribution < 1.29 is 8.42 Å². The normalized spacial score (nSPS) is 30.1. The van der Waals surface area contributed by atoms with Gasteiger partial charge in [-0.2, -0.15) is 0 Å². The molecule has 0 heterocycles. The van der Waals surface area contributed by atoms with Crippen molar-refractivity contribution in [2.75, 3.05) is 12.3 Å². The minimum Gasteiger partial charge on any atom is -0.314 e. The fourth-order valence-corrected chi connectivity index (χ4v) is 5.36. The molecule has 1 rings (SSSR count). The van der Waals surface area contributed by atoms with E-state index in [9.17, 15) is 8.42 Å². The van der Waals surface area contributed by atoms with Crippen LogP contribution in [0.15, 0.2) is 0 Å². The fraction of sp³-hybridized carbons (Fsp3) is 1.00. The molecule has 102 valence electrons. The molecule has 1 fully saturated rings. The Morgan fingerprint density at radius 3 is 2.47 bits per heavy atom. The van der Waals surface area contributed by atoms with E-state index in [2.05, 4.69) is 19.2 Å². The van der Waals surface area contributed by atoms with Crippen molar-refractivity contribution in [2.24, 2.45) is 11.8 Å². The Kier molecular flexibility index (Phi) is 5.45. The van der Waals surface area contributed by atoms with Crippen molar-refractivity contribution in [2.45, 2.75) is 58.2 Å². The molecular formula is C13H27NO2S. The Morgan fingerprint density at radius 2 is 1.94 bits per heavy atom. The summed E-state index contributed by atoms with van der Waals surface area (Å²) in [6, 6.07) is 0.391. The molecule has 0 aromatic rings. The highest BCUT2D eigenvalue weighted by molar-refractivity contribution is 7.92. The smallest absolute Gasteiger partial charge is 0.153 e. The van der Waals surface area contributed by atoms with Gasteiger partial charge in [0.15, 0.2) is 9.84 Å². The third-order valence-corrected chi connectivity index (χ3v) is 6.39. The van der Waals surface area contributed by atoms with Crippen molar-refractivity contribution in [3.63, 3.8) is 0 Å². The topological polar surface area (TPSA) is 46.2 Å². The van der Waals surface area contributed by atoms with Crippen LogP contribution in [0.3, 0.4) is 0 Å². The predicted molar refractivity (Wildman–Crippen MR) is 72.9 cm³/mol. The summed E-state index contributed by atoms with van der Waals surface area (Å²) in [5.41, 5.74) is 0. The molecule has 1 aliphatic carbocycles. The summed E-state index contributed by atoms with van der Waals surface area (Å²) >= 11 is 0. The molecule has 3 atom stereocenters. The lowest BCUT2D eigenvalue weighted by Crippen LogP contribution is -2.37. The summed E-state index contributed by atoms with van der Waals surface area (Å²) in [7, 11) is -2.91. The molecule has 1 N–H and O–H groups in total. The number of hydrogen-bond donors (Lipinski definition) is 1. The second kappa shape index (κ2) is 6.19. The van der Waals surface area contributed by atoms with Gasteiger partial charge in [0.2, 0.25) is 0 Å². The Hall–Kier alpha value is -0.0900. The van der Waals surface area contributed by atoms with Crippen LogP contribution in [0.4, 0.5) is 0 Å². The van der Waals surface area contributed by atoms with Crippen LogP contribution < -0.4 is 5.32 Å². The fourth-order valence-electron chi connectivity index (χ4n) is 2.84. The SMILES string of the molecule is CCCNC1CCC(S(=O)(=O)CC(C)C)C1C. The second-order valence-corrected chi connectivity index (χ2v) is 8.02. The van der Waals surface area contributed by atoms with Crippen LogP contribution in [0.2, 0.25) is 0 Å². The average Bonchev–Trinajstić information content (AvgIpc) is 2.55. The molecule has 0 amide bonds. The van der Waals surface area contributed by atoms with Crippen LogP contribution in [-0.4, -0.2) is 32.0 Å². The van der Waals surface area contributed by atoms with Crippen LogP contribution in [-0.2, 0) is 9.84 Å². The number of nitrogens with one attached hydrogen (secondary N) is 1. The Labute approximate surface area is 106 Å². The summed E-state index contributed by atoms with van der Waals surface area (Å²) in [5, 5.41) is 3.35. The zero-order valence-electron chi connectivity index (χ0n) is 11.6. The van der Waals surface area contributed by atoms with Crippen LogP contribution in [0, 0.1) is 11.8 Å². The van der Waals surface area contributed by atoms with Gasteiger partial charge in [-0.1, -0.05) is 27.7 Å². The Bertz CT molecular complexity index is 324. The molecule has 0 saturated heterocycles. The highest BCUT2D eigenvalue weighted by Gasteiger charge is 2.40. The van der Waals surface area contributed by atoms with Gasteiger partial charge in [0.1, 0.15) is 0 Å². The maximum Gasteiger partial charge on any atom is 0.153 e. The van der Waals surface area contributed by atoms with Gasteiger partial charge in [-0.3, -0.25) is 0 Å². The molecule has 0 aliphatic heterocycles. The van der Waals surface area contributed by atoms with Gasteiger partial charge in [-0.05, 0) is 37.6 Å². The standard InChI is InChI=1S/C13H27NO2S/c1-5-8-14-12-6-7-13(11(12)4)17(15,16)9-10(2)3/h10-14H,5-9H2,1-4H3. The lowest BCUT2D eigenvalue weighted by molar-refractivity contribution is 0.424. The highest BCUT2D eigenvalue weighted by Crippen LogP contribution is 2.32. The first kappa shape index (κ1) is 15.0. The highest BCUT2D eigenvalue weighted by atomic mass is 32.2. The third kappa shape index (κ3) is 3.95. The molecule has 0 aromatic heterocycles. The molecule has 17 heavy (non-hydrogen) atoms. The van der Waals surface area contributed by atoms with E-state index in [1.54, 1.807) is 0 Å². The van der Waals surface area contributed by atoms with Gasteiger partial charge < -0.3 is 5.32 Å². The van der Waals surface area contributed by atoms with Gasteiger partial charge in [0.05, 0.1) is 11.0 Å². The molecule has 0 bridgehead atoms. The van der Waals surface area contributed by atoms with Crippen LogP contribution in [0.1, 0.15) is 47.0 Å². The van der Waals surface area contributed by atoms with E-state index in [1.165, 1.54) is 0 Å². The number of rotatable bonds is 6. The molecule has 1 saturated carbocycles. The molecule has 4 heteroatoms. The van der Waals surface area contributed by atoms with Crippen molar-refractivity contribution in [3.8, 4) is 0 Å². The van der Waals surface area contributed by atoms with Gasteiger partial charge in [0.25, 0.3) is 0 Å². The van der Waals surface area contributed by atoms with E-state index in [-0.39, 0.29) is 17.1 Å². The molecule has 3 nitrogen and oxygen atoms in total. The van der Waals surface area contributed by atoms with Crippen molar-refractivity contribution in [1.82, 2.24) is 5.32 Å². The zero-order chi connectivity index (χ0) is 13.1. The van der Waals surface area contributed by atoms with E-state index < -0.39 is 9.84 Å². The summed E-state index contributed by atoms with van der Waals surface area (Å²) < 4.78 is 24.5. The average molecular weight is 261 g/mol. The van der Waals surface area contributed by atoms with Crippen LogP contribution in [0.25, 0.3) is 0 Å². The first-order valence-corrected chi connectivity index (χ1v) is 8.55. The zero-order valence-corrected chi connectivity index (χ0v) is 12.4. The van der Waals surface area contributed by atoms with Crippen LogP contribution in [0.5, 0.6) is 0 Å². The Balaban J connectivity index is 2.63. The maximum absolute atomic E-state index is 12.2. The lowest BCUT2D eigenvalue weighted by atomic mass is 10.1. The quantitative estimate of drug-likeness (QED) is 0.797. The summed E-state index contributed by atoms with van der Waals surface area (Å²) in [6.45, 7) is 9.17. The summed E-state index contributed by atoms with van der Waals surface area (Å²) in [4.78, 5) is 0. The molecule has 1 aliphatic rings. The lowest BCUT2D eigenvalue weighted by Gasteiger charge is -2.22. The molecule has 0 radical (unpaired) electrons. The van der Waals surface area contributed by atoms with Crippen molar-refractivity contribution in [1.29, 1.82) is 0 Å². The van der Waals surface area contributed by atoms with Gasteiger partial charge in [-0.25, -0.2) is 8.42 Å². The van der Waals surface area contributed by atoms with Gasteiger partial charge >= 0.3 is 0 Å². The van der Waals surface area contributed by atoms with Crippen LogP contribution >= 0.6 is 0 Å². The predicted octanol–water partition coefficient (Wildman–Crippen LogP) is 2.22. The summed E-state index contributed by atoms with van der Waals surface area (Å²) in [5.74, 6) is 0.822. The van der Waals surface area contributed by atoms with E-state index in [1.807, 2.05) is 13.8 Å². The number of sulfone groups is 1. The number of hydrogen-bond acceptors (Lipinski definition) is 3. The molecule has 0 aromatic carbocycles. The van der Waals surface area contributed by atoms with E-state index in [0.717, 1.165) is 25.8 Å². The first-order valence-electron chi connectivity index (χ1n) is 6.83. The molecular weight excluding hydrogens is 234 g/mol. The summed E-state index contributed by atoms with van der Waals surface area (Å²) in [6.07, 6.45) is 2.94. The maximum atomic E-state index is 12.2. The molecule has 3 unspecified atom stereocenters. The van der Waals surface area contributed by atoms with Gasteiger partial charge in [-0.15, -0.1) is 0 Å². The minimum absolute atomic E-state index is 0.126. The van der Waals surface area contributed by atoms with Gasteiger partial charge in [0, 0.05) is 6.04 Å². The third-order valence-electron chi connectivity index (χ3n) is 3.67. The van der Waals surface area contributed by atoms with E-state index in [0.29, 0.717) is 11.8 Å². The largest absolute Gasteiger partial charge is 0.314 e. The van der Waals surface area contributed by atoms with E-state index >= 15 is 0 Å². The Morgan fingerprint density at radius 1 is 1.29 bits per heavy atom. The minimum atomic E-state index is -2.91. The molecule has 0 spiro atoms.